The summed E-state index contributed by atoms with van der Waals surface area (Å²) in [6.45, 7) is 1.98. The Morgan fingerprint density at radius 2 is 2.04 bits per heavy atom. The van der Waals surface area contributed by atoms with E-state index in [4.69, 9.17) is 4.74 Å². The van der Waals surface area contributed by atoms with Gasteiger partial charge in [0.25, 0.3) is 0 Å². The van der Waals surface area contributed by atoms with Gasteiger partial charge in [0.2, 0.25) is 5.91 Å². The zero-order valence-corrected chi connectivity index (χ0v) is 14.3. The zero-order chi connectivity index (χ0) is 18.1. The molecule has 132 valence electrons. The maximum absolute atomic E-state index is 12.3. The summed E-state index contributed by atoms with van der Waals surface area (Å²) in [5.74, 6) is 0.176. The number of aromatic nitrogens is 3. The fourth-order valence-electron chi connectivity index (χ4n) is 2.74. The Hall–Kier alpha value is -3.22. The third-order valence-electron chi connectivity index (χ3n) is 4.26. The van der Waals surface area contributed by atoms with Crippen molar-refractivity contribution >= 4 is 28.6 Å². The molecular weight excluding hydrogens is 332 g/mol. The van der Waals surface area contributed by atoms with Crippen molar-refractivity contribution in [1.29, 1.82) is 0 Å². The molecule has 1 amide bonds. The molecule has 2 aromatic heterocycles. The van der Waals surface area contributed by atoms with Crippen molar-refractivity contribution < 1.29 is 14.3 Å². The molecule has 7 heteroatoms. The highest BCUT2D eigenvalue weighted by Gasteiger charge is 2.32. The number of nitrogens with one attached hydrogen (secondary N) is 1. The minimum atomic E-state index is -0.523. The quantitative estimate of drug-likeness (QED) is 0.715. The average molecular weight is 350 g/mol. The molecule has 7 nitrogen and oxygen atoms in total. The Bertz CT molecular complexity index is 991. The van der Waals surface area contributed by atoms with Gasteiger partial charge >= 0.3 is 5.97 Å². The van der Waals surface area contributed by atoms with E-state index in [0.717, 1.165) is 23.7 Å². The number of hydrogen-bond acceptors (Lipinski definition) is 5. The summed E-state index contributed by atoms with van der Waals surface area (Å²) in [6.07, 6.45) is 3.13. The van der Waals surface area contributed by atoms with Gasteiger partial charge in [-0.25, -0.2) is 9.78 Å². The number of amides is 1. The first-order valence-electron chi connectivity index (χ1n) is 8.59. The summed E-state index contributed by atoms with van der Waals surface area (Å²) in [5.41, 5.74) is 1.02. The van der Waals surface area contributed by atoms with E-state index in [1.807, 2.05) is 30.3 Å². The lowest BCUT2D eigenvalue weighted by molar-refractivity contribution is -0.117. The molecule has 0 unspecified atom stereocenters. The average Bonchev–Trinajstić information content (AvgIpc) is 3.43. The molecule has 0 bridgehead atoms. The van der Waals surface area contributed by atoms with Gasteiger partial charge in [0, 0.05) is 11.3 Å². The van der Waals surface area contributed by atoms with E-state index in [1.54, 1.807) is 13.0 Å². The standard InChI is InChI=1S/C19H18N4O3/c1-2-26-19(25)14-11-20-23(17(14)22-18(24)13-7-8-13)16-10-9-12-5-3-4-6-15(12)21-16/h3-6,9-11,13H,2,7-8H2,1H3,(H,22,24). The molecular formula is C19H18N4O3. The number of hydrogen-bond donors (Lipinski definition) is 1. The molecule has 2 heterocycles. The highest BCUT2D eigenvalue weighted by atomic mass is 16.5. The van der Waals surface area contributed by atoms with E-state index in [0.29, 0.717) is 11.6 Å². The van der Waals surface area contributed by atoms with Crippen LogP contribution in [-0.2, 0) is 9.53 Å². The normalized spacial score (nSPS) is 13.6. The summed E-state index contributed by atoms with van der Waals surface area (Å²) in [5, 5.41) is 8.09. The Morgan fingerprint density at radius 1 is 1.23 bits per heavy atom. The van der Waals surface area contributed by atoms with Crippen molar-refractivity contribution in [1.82, 2.24) is 14.8 Å². The molecule has 26 heavy (non-hydrogen) atoms. The van der Waals surface area contributed by atoms with Crippen LogP contribution in [-0.4, -0.2) is 33.2 Å². The predicted octanol–water partition coefficient (Wildman–Crippen LogP) is 2.95. The Balaban J connectivity index is 1.78. The number of carbonyl (C=O) groups is 2. The van der Waals surface area contributed by atoms with Crippen LogP contribution in [0.25, 0.3) is 16.7 Å². The van der Waals surface area contributed by atoms with Gasteiger partial charge in [-0.2, -0.15) is 9.78 Å². The highest BCUT2D eigenvalue weighted by Crippen LogP contribution is 2.31. The summed E-state index contributed by atoms with van der Waals surface area (Å²) < 4.78 is 6.55. The van der Waals surface area contributed by atoms with E-state index >= 15 is 0 Å². The summed E-state index contributed by atoms with van der Waals surface area (Å²) >= 11 is 0. The van der Waals surface area contributed by atoms with Crippen molar-refractivity contribution in [3.05, 3.63) is 48.2 Å². The van der Waals surface area contributed by atoms with Gasteiger partial charge < -0.3 is 10.1 Å². The van der Waals surface area contributed by atoms with Gasteiger partial charge in [-0.1, -0.05) is 18.2 Å². The Morgan fingerprint density at radius 3 is 2.81 bits per heavy atom. The van der Waals surface area contributed by atoms with Gasteiger partial charge in [-0.3, -0.25) is 4.79 Å². The molecule has 1 saturated carbocycles. The first kappa shape index (κ1) is 16.3. The number of para-hydroxylation sites is 1. The van der Waals surface area contributed by atoms with Crippen LogP contribution in [0.4, 0.5) is 5.82 Å². The van der Waals surface area contributed by atoms with Crippen molar-refractivity contribution in [2.45, 2.75) is 19.8 Å². The molecule has 4 rings (SSSR count). The molecule has 0 spiro atoms. The molecule has 0 atom stereocenters. The Kier molecular flexibility index (Phi) is 4.12. The predicted molar refractivity (Wildman–Crippen MR) is 96.2 cm³/mol. The molecule has 0 aliphatic heterocycles. The maximum Gasteiger partial charge on any atom is 0.343 e. The molecule has 0 radical (unpaired) electrons. The molecule has 1 fully saturated rings. The minimum Gasteiger partial charge on any atom is -0.462 e. The van der Waals surface area contributed by atoms with E-state index in [9.17, 15) is 9.59 Å². The number of rotatable bonds is 5. The van der Waals surface area contributed by atoms with Crippen LogP contribution >= 0.6 is 0 Å². The Labute approximate surface area is 150 Å². The molecule has 1 N–H and O–H groups in total. The second kappa shape index (κ2) is 6.59. The fraction of sp³-hybridized carbons (Fsp3) is 0.263. The third-order valence-corrected chi connectivity index (χ3v) is 4.26. The van der Waals surface area contributed by atoms with Gasteiger partial charge in [-0.05, 0) is 38.0 Å². The summed E-state index contributed by atoms with van der Waals surface area (Å²) in [6, 6.07) is 11.4. The van der Waals surface area contributed by atoms with Crippen LogP contribution in [0.3, 0.4) is 0 Å². The molecule has 3 aromatic rings. The van der Waals surface area contributed by atoms with Crippen LogP contribution in [0.5, 0.6) is 0 Å². The zero-order valence-electron chi connectivity index (χ0n) is 14.3. The summed E-state index contributed by atoms with van der Waals surface area (Å²) in [4.78, 5) is 29.1. The smallest absolute Gasteiger partial charge is 0.343 e. The number of pyridine rings is 1. The van der Waals surface area contributed by atoms with Gasteiger partial charge in [0.15, 0.2) is 11.6 Å². The third kappa shape index (κ3) is 3.03. The first-order valence-corrected chi connectivity index (χ1v) is 8.59. The van der Waals surface area contributed by atoms with Gasteiger partial charge in [-0.15, -0.1) is 0 Å². The lowest BCUT2D eigenvalue weighted by Crippen LogP contribution is -2.19. The molecule has 1 aliphatic rings. The van der Waals surface area contributed by atoms with Gasteiger partial charge in [0.1, 0.15) is 5.56 Å². The van der Waals surface area contributed by atoms with Gasteiger partial charge in [0.05, 0.1) is 18.3 Å². The monoisotopic (exact) mass is 350 g/mol. The highest BCUT2D eigenvalue weighted by molar-refractivity contribution is 6.01. The SMILES string of the molecule is CCOC(=O)c1cnn(-c2ccc3ccccc3n2)c1NC(=O)C1CC1. The lowest BCUT2D eigenvalue weighted by atomic mass is 10.2. The number of anilines is 1. The van der Waals surface area contributed by atoms with E-state index in [2.05, 4.69) is 15.4 Å². The fourth-order valence-corrected chi connectivity index (χ4v) is 2.74. The minimum absolute atomic E-state index is 0.00189. The van der Waals surface area contributed by atoms with E-state index in [-0.39, 0.29) is 24.0 Å². The number of fused-ring (bicyclic) bond motifs is 1. The molecule has 1 aliphatic carbocycles. The topological polar surface area (TPSA) is 86.1 Å². The number of ether oxygens (including phenoxy) is 1. The molecule has 1 aromatic carbocycles. The van der Waals surface area contributed by atoms with Crippen LogP contribution in [0.15, 0.2) is 42.6 Å². The van der Waals surface area contributed by atoms with Crippen molar-refractivity contribution in [3.63, 3.8) is 0 Å². The van der Waals surface area contributed by atoms with Crippen molar-refractivity contribution in [2.24, 2.45) is 5.92 Å². The van der Waals surface area contributed by atoms with Crippen LogP contribution in [0.2, 0.25) is 0 Å². The largest absolute Gasteiger partial charge is 0.462 e. The second-order valence-corrected chi connectivity index (χ2v) is 6.16. The summed E-state index contributed by atoms with van der Waals surface area (Å²) in [7, 11) is 0. The van der Waals surface area contributed by atoms with Crippen LogP contribution in [0.1, 0.15) is 30.1 Å². The lowest BCUT2D eigenvalue weighted by Gasteiger charge is -2.11. The van der Waals surface area contributed by atoms with Crippen LogP contribution < -0.4 is 5.32 Å². The molecule has 0 saturated heterocycles. The first-order chi connectivity index (χ1) is 12.7. The maximum atomic E-state index is 12.3. The number of esters is 1. The van der Waals surface area contributed by atoms with Crippen LogP contribution in [0, 0.1) is 5.92 Å². The number of nitrogens with zero attached hydrogens (tertiary/aromatic N) is 3. The van der Waals surface area contributed by atoms with E-state index in [1.165, 1.54) is 10.9 Å². The van der Waals surface area contributed by atoms with Crippen molar-refractivity contribution in [3.8, 4) is 5.82 Å². The second-order valence-electron chi connectivity index (χ2n) is 6.16. The number of carbonyl (C=O) groups excluding carboxylic acids is 2. The van der Waals surface area contributed by atoms with Crippen molar-refractivity contribution in [2.75, 3.05) is 11.9 Å². The number of benzene rings is 1. The van der Waals surface area contributed by atoms with E-state index < -0.39 is 5.97 Å².